The second-order valence-corrected chi connectivity index (χ2v) is 15.0. The van der Waals surface area contributed by atoms with Crippen molar-refractivity contribution in [3.05, 3.63) is 155 Å². The van der Waals surface area contributed by atoms with E-state index in [1.807, 2.05) is 12.1 Å². The third-order valence-electron chi connectivity index (χ3n) is 11.3. The Morgan fingerprint density at radius 3 is 1.84 bits per heavy atom. The van der Waals surface area contributed by atoms with Crippen LogP contribution in [0.15, 0.2) is 133 Å². The minimum atomic E-state index is -0.224. The summed E-state index contributed by atoms with van der Waals surface area (Å²) >= 11 is 0. The Hall–Kier alpha value is -5.55. The van der Waals surface area contributed by atoms with Crippen LogP contribution in [-0.4, -0.2) is 47.1 Å². The van der Waals surface area contributed by atoms with E-state index >= 15 is 0 Å². The molecule has 5 aromatic rings. The topological polar surface area (TPSA) is 43.6 Å². The number of benzene rings is 5. The number of rotatable bonds is 8. The molecule has 0 saturated carbocycles. The molecular weight excluding hydrogens is 627 g/mol. The highest BCUT2D eigenvalue weighted by atomic mass is 16.2. The number of fused-ring (bicyclic) bond motifs is 7. The van der Waals surface area contributed by atoms with Crippen LogP contribution in [0.3, 0.4) is 0 Å². The van der Waals surface area contributed by atoms with Gasteiger partial charge in [-0.2, -0.15) is 4.58 Å². The summed E-state index contributed by atoms with van der Waals surface area (Å²) in [6, 6.07) is 33.4. The Morgan fingerprint density at radius 1 is 0.608 bits per heavy atom. The summed E-state index contributed by atoms with van der Waals surface area (Å²) in [5, 5.41) is 5.10. The van der Waals surface area contributed by atoms with Crippen molar-refractivity contribution >= 4 is 50.4 Å². The molecule has 0 atom stereocenters. The molecule has 3 aliphatic heterocycles. The number of unbranched alkanes of at least 4 members (excludes halogenated alkanes) is 1. The molecule has 3 aliphatic rings. The van der Waals surface area contributed by atoms with Gasteiger partial charge in [0.15, 0.2) is 5.71 Å². The van der Waals surface area contributed by atoms with E-state index in [0.29, 0.717) is 17.7 Å². The van der Waals surface area contributed by atoms with Gasteiger partial charge in [0, 0.05) is 47.6 Å². The van der Waals surface area contributed by atoms with Gasteiger partial charge in [-0.15, -0.1) is 0 Å². The van der Waals surface area contributed by atoms with Crippen LogP contribution in [0.5, 0.6) is 0 Å². The van der Waals surface area contributed by atoms with Crippen LogP contribution in [0.1, 0.15) is 72.4 Å². The molecule has 8 rings (SSSR count). The van der Waals surface area contributed by atoms with Gasteiger partial charge >= 0.3 is 0 Å². The molecule has 5 nitrogen and oxygen atoms in total. The van der Waals surface area contributed by atoms with Crippen molar-refractivity contribution in [2.75, 3.05) is 25.0 Å². The Balaban J connectivity index is 1.05. The van der Waals surface area contributed by atoms with Gasteiger partial charge in [-0.25, -0.2) is 0 Å². The van der Waals surface area contributed by atoms with E-state index in [9.17, 15) is 9.59 Å². The molecule has 0 fully saturated rings. The lowest BCUT2D eigenvalue weighted by Gasteiger charge is -2.27. The normalized spacial score (nSPS) is 18.3. The molecule has 254 valence electrons. The number of hydrogen-bond donors (Lipinski definition) is 0. The van der Waals surface area contributed by atoms with Gasteiger partial charge in [0.1, 0.15) is 7.05 Å². The highest BCUT2D eigenvalue weighted by Gasteiger charge is 2.44. The zero-order valence-corrected chi connectivity index (χ0v) is 30.1. The highest BCUT2D eigenvalue weighted by molar-refractivity contribution is 6.21. The van der Waals surface area contributed by atoms with Crippen LogP contribution in [-0.2, 0) is 10.8 Å². The van der Waals surface area contributed by atoms with Crippen molar-refractivity contribution in [1.82, 2.24) is 4.90 Å². The standard InChI is InChI=1S/C46H44N3O2/c1-45(2)39(47(5)37-27-25-31-17-9-11-19-33(31)41(37)45)23-7-6-8-24-40-46(3,4)42-34-20-12-10-18-32(34)26-28-38(42)48(40)29-15-16-30-49-43(50)35-21-13-14-22-36(35)44(49)51/h6-14,17-28H,15-16,29-30H2,1-5H3/q+1. The van der Waals surface area contributed by atoms with Gasteiger partial charge in [0.25, 0.3) is 11.8 Å². The number of allylic oxidation sites excluding steroid dienone is 6. The molecule has 0 aromatic heterocycles. The van der Waals surface area contributed by atoms with Crippen molar-refractivity contribution < 1.29 is 14.2 Å². The van der Waals surface area contributed by atoms with Crippen molar-refractivity contribution in [1.29, 1.82) is 0 Å². The molecule has 0 aliphatic carbocycles. The first-order valence-corrected chi connectivity index (χ1v) is 18.0. The van der Waals surface area contributed by atoms with E-state index in [1.165, 1.54) is 60.4 Å². The second-order valence-electron chi connectivity index (χ2n) is 15.0. The van der Waals surface area contributed by atoms with E-state index in [4.69, 9.17) is 0 Å². The summed E-state index contributed by atoms with van der Waals surface area (Å²) in [6.07, 6.45) is 12.6. The monoisotopic (exact) mass is 670 g/mol. The fourth-order valence-corrected chi connectivity index (χ4v) is 8.81. The molecular formula is C46H44N3O2+. The first kappa shape index (κ1) is 32.6. The number of imide groups is 1. The lowest BCUT2D eigenvalue weighted by atomic mass is 9.79. The summed E-state index contributed by atoms with van der Waals surface area (Å²) in [5.41, 5.74) is 8.38. The number of hydrogen-bond acceptors (Lipinski definition) is 3. The van der Waals surface area contributed by atoms with Crippen LogP contribution in [0.25, 0.3) is 21.5 Å². The highest BCUT2D eigenvalue weighted by Crippen LogP contribution is 2.51. The van der Waals surface area contributed by atoms with Crippen LogP contribution in [0.4, 0.5) is 11.4 Å². The molecule has 0 N–H and O–H groups in total. The summed E-state index contributed by atoms with van der Waals surface area (Å²) < 4.78 is 2.33. The summed E-state index contributed by atoms with van der Waals surface area (Å²) in [4.78, 5) is 29.8. The third-order valence-corrected chi connectivity index (χ3v) is 11.3. The van der Waals surface area contributed by atoms with Crippen molar-refractivity contribution in [2.45, 2.75) is 51.4 Å². The number of anilines is 1. The average Bonchev–Trinajstić information content (AvgIpc) is 3.60. The van der Waals surface area contributed by atoms with Gasteiger partial charge in [-0.3, -0.25) is 14.5 Å². The van der Waals surface area contributed by atoms with Crippen molar-refractivity contribution in [2.24, 2.45) is 0 Å². The maximum Gasteiger partial charge on any atom is 0.261 e. The molecule has 3 heterocycles. The maximum absolute atomic E-state index is 13.0. The minimum Gasteiger partial charge on any atom is -0.344 e. The van der Waals surface area contributed by atoms with Gasteiger partial charge in [0.05, 0.1) is 16.5 Å². The minimum absolute atomic E-state index is 0.131. The molecule has 5 heteroatoms. The molecule has 51 heavy (non-hydrogen) atoms. The molecule has 2 amide bonds. The maximum atomic E-state index is 13.0. The zero-order valence-electron chi connectivity index (χ0n) is 30.1. The van der Waals surface area contributed by atoms with Crippen molar-refractivity contribution in [3.8, 4) is 0 Å². The lowest BCUT2D eigenvalue weighted by Crippen LogP contribution is -2.32. The van der Waals surface area contributed by atoms with Crippen LogP contribution >= 0.6 is 0 Å². The number of amides is 2. The van der Waals surface area contributed by atoms with Gasteiger partial charge in [-0.05, 0) is 84.1 Å². The molecule has 0 saturated heterocycles. The van der Waals surface area contributed by atoms with Crippen molar-refractivity contribution in [3.63, 3.8) is 0 Å². The first-order valence-electron chi connectivity index (χ1n) is 18.0. The first-order chi connectivity index (χ1) is 24.6. The largest absolute Gasteiger partial charge is 0.344 e. The predicted octanol–water partition coefficient (Wildman–Crippen LogP) is 9.87. The third kappa shape index (κ3) is 5.17. The molecule has 0 unspecified atom stereocenters. The van der Waals surface area contributed by atoms with Gasteiger partial charge in [0.2, 0.25) is 5.69 Å². The average molecular weight is 671 g/mol. The van der Waals surface area contributed by atoms with E-state index in [1.54, 1.807) is 12.1 Å². The smallest absolute Gasteiger partial charge is 0.261 e. The number of carbonyl (C=O) groups is 2. The fraction of sp³-hybridized carbons (Fsp3) is 0.239. The van der Waals surface area contributed by atoms with E-state index in [2.05, 4.69) is 147 Å². The predicted molar refractivity (Wildman–Crippen MR) is 210 cm³/mol. The SMILES string of the molecule is C[N+]1=C(/C=C/C=C/C=C2/N(CCCCN3C(=O)c4ccccc4C3=O)c3ccc4ccccc4c3C2(C)C)C(C)(C)c2c1ccc1ccccc21. The van der Waals surface area contributed by atoms with Gasteiger partial charge < -0.3 is 4.90 Å². The molecule has 5 aromatic carbocycles. The lowest BCUT2D eigenvalue weighted by molar-refractivity contribution is -0.401. The molecule has 0 bridgehead atoms. The second kappa shape index (κ2) is 12.3. The molecule has 0 spiro atoms. The summed E-state index contributed by atoms with van der Waals surface area (Å²) in [5.74, 6) is -0.368. The van der Waals surface area contributed by atoms with Crippen LogP contribution in [0, 0.1) is 0 Å². The van der Waals surface area contributed by atoms with Crippen LogP contribution in [0.2, 0.25) is 0 Å². The number of carbonyl (C=O) groups excluding carboxylic acids is 2. The fourth-order valence-electron chi connectivity index (χ4n) is 8.81. The summed E-state index contributed by atoms with van der Waals surface area (Å²) in [6.45, 7) is 10.5. The van der Waals surface area contributed by atoms with E-state index < -0.39 is 0 Å². The van der Waals surface area contributed by atoms with E-state index in [-0.39, 0.29) is 22.6 Å². The zero-order chi connectivity index (χ0) is 35.5. The van der Waals surface area contributed by atoms with Gasteiger partial charge in [-0.1, -0.05) is 98.8 Å². The Kier molecular flexibility index (Phi) is 7.90. The summed E-state index contributed by atoms with van der Waals surface area (Å²) in [7, 11) is 2.17. The molecule has 0 radical (unpaired) electrons. The number of nitrogens with zero attached hydrogens (tertiary/aromatic N) is 3. The Bertz CT molecular complexity index is 2350. The quantitative estimate of drug-likeness (QED) is 0.0715. The Labute approximate surface area is 300 Å². The van der Waals surface area contributed by atoms with Crippen LogP contribution < -0.4 is 4.90 Å². The Morgan fingerprint density at radius 2 is 1.18 bits per heavy atom. The van der Waals surface area contributed by atoms with E-state index in [0.717, 1.165) is 19.4 Å².